The summed E-state index contributed by atoms with van der Waals surface area (Å²) in [6, 6.07) is 7.34. The smallest absolute Gasteiger partial charge is 0.297 e. The van der Waals surface area contributed by atoms with Crippen LogP contribution in [0.2, 0.25) is 0 Å². The van der Waals surface area contributed by atoms with Gasteiger partial charge >= 0.3 is 0 Å². The summed E-state index contributed by atoms with van der Waals surface area (Å²) in [5.74, 6) is 2.17. The van der Waals surface area contributed by atoms with Crippen molar-refractivity contribution >= 4 is 28.4 Å². The van der Waals surface area contributed by atoms with Crippen molar-refractivity contribution in [1.82, 2.24) is 35.0 Å². The maximum atomic E-state index is 12.4. The Morgan fingerprint density at radius 3 is 2.90 bits per heavy atom. The molecule has 10 heteroatoms. The summed E-state index contributed by atoms with van der Waals surface area (Å²) in [6.07, 6.45) is 4.84. The number of anilines is 1. The van der Waals surface area contributed by atoms with Crippen molar-refractivity contribution in [1.29, 1.82) is 0 Å². The van der Waals surface area contributed by atoms with E-state index in [-0.39, 0.29) is 11.9 Å². The van der Waals surface area contributed by atoms with Gasteiger partial charge in [0.25, 0.3) is 5.89 Å². The van der Waals surface area contributed by atoms with Crippen molar-refractivity contribution in [3.05, 3.63) is 30.1 Å². The molecule has 4 heterocycles. The Labute approximate surface area is 171 Å². The number of para-hydroxylation sites is 1. The molecular formula is C20H20N8O2. The van der Waals surface area contributed by atoms with Crippen LogP contribution < -0.4 is 10.6 Å². The van der Waals surface area contributed by atoms with Crippen LogP contribution in [0.1, 0.15) is 43.8 Å². The minimum absolute atomic E-state index is 0.0260. The van der Waals surface area contributed by atoms with E-state index < -0.39 is 0 Å². The average Bonchev–Trinajstić information content (AvgIpc) is 3.37. The Balaban J connectivity index is 1.47. The van der Waals surface area contributed by atoms with Gasteiger partial charge in [-0.3, -0.25) is 4.79 Å². The molecule has 1 atom stereocenters. The van der Waals surface area contributed by atoms with Crippen LogP contribution >= 0.6 is 0 Å². The zero-order valence-electron chi connectivity index (χ0n) is 16.2. The van der Waals surface area contributed by atoms with E-state index in [9.17, 15) is 4.79 Å². The van der Waals surface area contributed by atoms with Crippen LogP contribution in [0.15, 0.2) is 28.8 Å². The fourth-order valence-electron chi connectivity index (χ4n) is 3.81. The van der Waals surface area contributed by atoms with Gasteiger partial charge in [-0.2, -0.15) is 9.50 Å². The normalized spacial score (nSPS) is 19.7. The fourth-order valence-corrected chi connectivity index (χ4v) is 3.81. The summed E-state index contributed by atoms with van der Waals surface area (Å²) >= 11 is 0. The van der Waals surface area contributed by atoms with Gasteiger partial charge in [-0.05, 0) is 44.2 Å². The number of fused-ring (bicyclic) bond motifs is 3. The standard InChI is InChI=1S/C20H20N8O2/c29-18-14(7-3-4-10-21-18)23-20-22-13-6-2-1-5-12(13)17-24-16(26-28(17)20)19-25-15(27-30-19)11-8-9-11/h1-2,5-6,11,14H,3-4,7-10H2,(H,21,29)(H,22,23)/t14-/m1/s1. The number of rotatable bonds is 4. The Morgan fingerprint density at radius 2 is 2.00 bits per heavy atom. The van der Waals surface area contributed by atoms with Gasteiger partial charge in [-0.25, -0.2) is 9.97 Å². The van der Waals surface area contributed by atoms with Gasteiger partial charge in [0.05, 0.1) is 5.52 Å². The first-order valence-corrected chi connectivity index (χ1v) is 10.3. The summed E-state index contributed by atoms with van der Waals surface area (Å²) in [4.78, 5) is 26.3. The maximum Gasteiger partial charge on any atom is 0.297 e. The van der Waals surface area contributed by atoms with Gasteiger partial charge in [-0.1, -0.05) is 17.3 Å². The van der Waals surface area contributed by atoms with Crippen LogP contribution in [0.3, 0.4) is 0 Å². The summed E-state index contributed by atoms with van der Waals surface area (Å²) in [5.41, 5.74) is 1.39. The third kappa shape index (κ3) is 2.95. The molecule has 2 N–H and O–H groups in total. The van der Waals surface area contributed by atoms with Crippen LogP contribution in [0.5, 0.6) is 0 Å². The highest BCUT2D eigenvalue weighted by Gasteiger charge is 2.30. The molecule has 2 fully saturated rings. The van der Waals surface area contributed by atoms with Crippen LogP contribution in [0, 0.1) is 0 Å². The lowest BCUT2D eigenvalue weighted by Gasteiger charge is -2.16. The minimum atomic E-state index is -0.373. The summed E-state index contributed by atoms with van der Waals surface area (Å²) < 4.78 is 7.03. The predicted octanol–water partition coefficient (Wildman–Crippen LogP) is 2.29. The first-order chi connectivity index (χ1) is 14.8. The van der Waals surface area contributed by atoms with E-state index in [0.29, 0.717) is 41.6 Å². The van der Waals surface area contributed by atoms with Crippen LogP contribution in [0.25, 0.3) is 28.3 Å². The van der Waals surface area contributed by atoms with Gasteiger partial charge in [-0.15, -0.1) is 5.10 Å². The number of nitrogens with one attached hydrogen (secondary N) is 2. The van der Waals surface area contributed by atoms with E-state index in [0.717, 1.165) is 43.0 Å². The SMILES string of the molecule is O=C1NCCCC[C@H]1Nc1nc2ccccc2c2nc(-c3nc(C4CC4)no3)nn12. The number of nitrogens with zero attached hydrogens (tertiary/aromatic N) is 6. The molecule has 10 nitrogen and oxygen atoms in total. The van der Waals surface area contributed by atoms with E-state index in [1.807, 2.05) is 24.3 Å². The molecule has 1 aliphatic carbocycles. The third-order valence-electron chi connectivity index (χ3n) is 5.59. The summed E-state index contributed by atoms with van der Waals surface area (Å²) in [7, 11) is 0. The lowest BCUT2D eigenvalue weighted by molar-refractivity contribution is -0.121. The molecule has 1 amide bonds. The topological polar surface area (TPSA) is 123 Å². The van der Waals surface area contributed by atoms with E-state index in [1.54, 1.807) is 4.52 Å². The Morgan fingerprint density at radius 1 is 1.10 bits per heavy atom. The second kappa shape index (κ2) is 6.75. The molecule has 4 aromatic rings. The summed E-state index contributed by atoms with van der Waals surface area (Å²) in [6.45, 7) is 0.700. The zero-order chi connectivity index (χ0) is 20.1. The first kappa shape index (κ1) is 17.3. The highest BCUT2D eigenvalue weighted by molar-refractivity contribution is 5.93. The second-order valence-electron chi connectivity index (χ2n) is 7.84. The Kier molecular flexibility index (Phi) is 3.90. The Hall–Kier alpha value is -3.56. The fraction of sp³-hybridized carbons (Fsp3) is 0.400. The maximum absolute atomic E-state index is 12.4. The molecular weight excluding hydrogens is 384 g/mol. The molecule has 30 heavy (non-hydrogen) atoms. The minimum Gasteiger partial charge on any atom is -0.354 e. The number of carbonyl (C=O) groups is 1. The Bertz CT molecular complexity index is 1260. The van der Waals surface area contributed by atoms with Crippen molar-refractivity contribution in [3.8, 4) is 11.7 Å². The molecule has 1 aromatic carbocycles. The number of amides is 1. The molecule has 6 rings (SSSR count). The first-order valence-electron chi connectivity index (χ1n) is 10.3. The molecule has 1 saturated carbocycles. The summed E-state index contributed by atoms with van der Waals surface area (Å²) in [5, 5.41) is 15.7. The van der Waals surface area contributed by atoms with Crippen molar-refractivity contribution in [3.63, 3.8) is 0 Å². The lowest BCUT2D eigenvalue weighted by Crippen LogP contribution is -2.38. The van der Waals surface area contributed by atoms with Gasteiger partial charge in [0.1, 0.15) is 6.04 Å². The largest absolute Gasteiger partial charge is 0.354 e. The lowest BCUT2D eigenvalue weighted by atomic mass is 10.1. The number of hydrogen-bond acceptors (Lipinski definition) is 8. The van der Waals surface area contributed by atoms with E-state index in [4.69, 9.17) is 9.51 Å². The molecule has 0 bridgehead atoms. The zero-order valence-corrected chi connectivity index (χ0v) is 16.2. The number of aromatic nitrogens is 6. The van der Waals surface area contributed by atoms with Gasteiger partial charge in [0.2, 0.25) is 17.7 Å². The van der Waals surface area contributed by atoms with Crippen LogP contribution in [0.4, 0.5) is 5.95 Å². The number of benzene rings is 1. The van der Waals surface area contributed by atoms with Crippen LogP contribution in [-0.4, -0.2) is 48.2 Å². The second-order valence-corrected chi connectivity index (χ2v) is 7.84. The van der Waals surface area contributed by atoms with E-state index >= 15 is 0 Å². The predicted molar refractivity (Wildman–Crippen MR) is 108 cm³/mol. The van der Waals surface area contributed by atoms with E-state index in [1.165, 1.54) is 0 Å². The molecule has 0 unspecified atom stereocenters. The van der Waals surface area contributed by atoms with Crippen molar-refractivity contribution < 1.29 is 9.32 Å². The number of carbonyl (C=O) groups excluding carboxylic acids is 1. The molecule has 0 radical (unpaired) electrons. The van der Waals surface area contributed by atoms with Gasteiger partial charge in [0.15, 0.2) is 11.5 Å². The highest BCUT2D eigenvalue weighted by atomic mass is 16.5. The molecule has 3 aromatic heterocycles. The third-order valence-corrected chi connectivity index (χ3v) is 5.59. The molecule has 152 valence electrons. The van der Waals surface area contributed by atoms with Crippen molar-refractivity contribution in [2.75, 3.05) is 11.9 Å². The van der Waals surface area contributed by atoms with Gasteiger partial charge in [0, 0.05) is 17.8 Å². The van der Waals surface area contributed by atoms with Crippen LogP contribution in [-0.2, 0) is 4.79 Å². The number of hydrogen-bond donors (Lipinski definition) is 2. The quantitative estimate of drug-likeness (QED) is 0.531. The molecule has 1 saturated heterocycles. The monoisotopic (exact) mass is 404 g/mol. The van der Waals surface area contributed by atoms with Crippen molar-refractivity contribution in [2.45, 2.75) is 44.1 Å². The van der Waals surface area contributed by atoms with Crippen molar-refractivity contribution in [2.24, 2.45) is 0 Å². The molecule has 1 aliphatic heterocycles. The van der Waals surface area contributed by atoms with Gasteiger partial charge < -0.3 is 15.2 Å². The highest BCUT2D eigenvalue weighted by Crippen LogP contribution is 2.38. The average molecular weight is 404 g/mol. The molecule has 2 aliphatic rings. The van der Waals surface area contributed by atoms with E-state index in [2.05, 4.69) is 30.9 Å². The molecule has 0 spiro atoms.